The molecule has 18 heavy (non-hydrogen) atoms. The molecule has 0 bridgehead atoms. The molecule has 2 unspecified atom stereocenters. The van der Waals surface area contributed by atoms with Crippen LogP contribution in [0.4, 0.5) is 0 Å². The maximum Gasteiger partial charge on any atom is 0.222 e. The molecular weight excluding hydrogens is 228 g/mol. The number of piperidine rings is 1. The van der Waals surface area contributed by atoms with Gasteiger partial charge in [-0.25, -0.2) is 0 Å². The zero-order chi connectivity index (χ0) is 13.1. The van der Waals surface area contributed by atoms with Crippen LogP contribution in [0, 0.1) is 0 Å². The molecule has 1 heterocycles. The summed E-state index contributed by atoms with van der Waals surface area (Å²) in [6.07, 6.45) is 1.30. The van der Waals surface area contributed by atoms with Gasteiger partial charge in [0, 0.05) is 19.5 Å². The number of hydrogen-bond acceptors (Lipinski definition) is 3. The van der Waals surface area contributed by atoms with Gasteiger partial charge in [0.1, 0.15) is 5.75 Å². The van der Waals surface area contributed by atoms with Gasteiger partial charge in [0.05, 0.1) is 12.6 Å². The molecule has 1 fully saturated rings. The molecule has 1 aliphatic heterocycles. The molecule has 98 valence electrons. The third kappa shape index (κ3) is 2.48. The number of likely N-dealkylation sites (tertiary alicyclic amines) is 1. The van der Waals surface area contributed by atoms with Crippen LogP contribution in [0.25, 0.3) is 0 Å². The summed E-state index contributed by atoms with van der Waals surface area (Å²) < 4.78 is 5.41. The first-order valence-electron chi connectivity index (χ1n) is 6.37. The Morgan fingerprint density at radius 3 is 2.67 bits per heavy atom. The highest BCUT2D eigenvalue weighted by Crippen LogP contribution is 2.30. The van der Waals surface area contributed by atoms with Gasteiger partial charge in [-0.3, -0.25) is 4.79 Å². The number of ether oxygens (including phenoxy) is 1. The predicted molar refractivity (Wildman–Crippen MR) is 70.3 cm³/mol. The van der Waals surface area contributed by atoms with Gasteiger partial charge in [0.25, 0.3) is 0 Å². The molecule has 2 rings (SSSR count). The normalized spacial score (nSPS) is 24.2. The van der Waals surface area contributed by atoms with E-state index >= 15 is 0 Å². The third-order valence-electron chi connectivity index (χ3n) is 3.44. The lowest BCUT2D eigenvalue weighted by molar-refractivity contribution is -0.135. The SMILES string of the molecule is CCOc1ccc(C2C(N)CCC(=O)N2C)cc1. The maximum atomic E-state index is 11.7. The highest BCUT2D eigenvalue weighted by Gasteiger charge is 2.32. The number of nitrogens with two attached hydrogens (primary N) is 1. The van der Waals surface area contributed by atoms with E-state index in [1.54, 1.807) is 4.90 Å². The van der Waals surface area contributed by atoms with E-state index in [1.807, 2.05) is 38.2 Å². The molecule has 1 amide bonds. The van der Waals surface area contributed by atoms with Crippen molar-refractivity contribution in [2.45, 2.75) is 31.8 Å². The second-order valence-corrected chi connectivity index (χ2v) is 4.65. The van der Waals surface area contributed by atoms with Crippen LogP contribution in [-0.4, -0.2) is 30.5 Å². The highest BCUT2D eigenvalue weighted by molar-refractivity contribution is 5.77. The van der Waals surface area contributed by atoms with Gasteiger partial charge in [-0.2, -0.15) is 0 Å². The van der Waals surface area contributed by atoms with E-state index in [0.717, 1.165) is 17.7 Å². The van der Waals surface area contributed by atoms with E-state index < -0.39 is 0 Å². The summed E-state index contributed by atoms with van der Waals surface area (Å²) in [5, 5.41) is 0. The van der Waals surface area contributed by atoms with Crippen molar-refractivity contribution >= 4 is 5.91 Å². The predicted octanol–water partition coefficient (Wildman–Crippen LogP) is 1.71. The number of nitrogens with zero attached hydrogens (tertiary/aromatic N) is 1. The summed E-state index contributed by atoms with van der Waals surface area (Å²) in [5.41, 5.74) is 7.21. The van der Waals surface area contributed by atoms with Crippen molar-refractivity contribution in [2.24, 2.45) is 5.73 Å². The monoisotopic (exact) mass is 248 g/mol. The van der Waals surface area contributed by atoms with Crippen molar-refractivity contribution < 1.29 is 9.53 Å². The Hall–Kier alpha value is -1.55. The number of amides is 1. The van der Waals surface area contributed by atoms with Crippen LogP contribution >= 0.6 is 0 Å². The molecule has 4 heteroatoms. The van der Waals surface area contributed by atoms with Crippen LogP contribution in [0.15, 0.2) is 24.3 Å². The smallest absolute Gasteiger partial charge is 0.222 e. The maximum absolute atomic E-state index is 11.7. The van der Waals surface area contributed by atoms with E-state index in [4.69, 9.17) is 10.5 Å². The summed E-state index contributed by atoms with van der Waals surface area (Å²) >= 11 is 0. The summed E-state index contributed by atoms with van der Waals surface area (Å²) in [6, 6.07) is 7.82. The molecular formula is C14H20N2O2. The first-order chi connectivity index (χ1) is 8.63. The molecule has 1 aliphatic rings. The number of hydrogen-bond donors (Lipinski definition) is 1. The molecule has 1 aromatic carbocycles. The largest absolute Gasteiger partial charge is 0.494 e. The fraction of sp³-hybridized carbons (Fsp3) is 0.500. The van der Waals surface area contributed by atoms with Gasteiger partial charge >= 0.3 is 0 Å². The molecule has 0 radical (unpaired) electrons. The lowest BCUT2D eigenvalue weighted by Crippen LogP contribution is -2.46. The number of likely N-dealkylation sites (N-methyl/N-ethyl adjacent to an activating group) is 1. The minimum absolute atomic E-state index is 0.00523. The Morgan fingerprint density at radius 1 is 1.39 bits per heavy atom. The number of carbonyl (C=O) groups is 1. The first kappa shape index (κ1) is 12.9. The Morgan fingerprint density at radius 2 is 2.06 bits per heavy atom. The molecule has 0 saturated carbocycles. The van der Waals surface area contributed by atoms with E-state index in [9.17, 15) is 4.79 Å². The van der Waals surface area contributed by atoms with Gasteiger partial charge in [0.15, 0.2) is 0 Å². The molecule has 1 saturated heterocycles. The number of rotatable bonds is 3. The third-order valence-corrected chi connectivity index (χ3v) is 3.44. The summed E-state index contributed by atoms with van der Waals surface area (Å²) in [7, 11) is 1.82. The lowest BCUT2D eigenvalue weighted by atomic mass is 9.91. The van der Waals surface area contributed by atoms with Crippen molar-refractivity contribution in [1.82, 2.24) is 4.90 Å². The van der Waals surface area contributed by atoms with Gasteiger partial charge in [-0.05, 0) is 31.0 Å². The standard InChI is InChI=1S/C14H20N2O2/c1-3-18-11-6-4-10(5-7-11)14-12(15)8-9-13(17)16(14)2/h4-7,12,14H,3,8-9,15H2,1-2H3. The minimum atomic E-state index is -0.0260. The Balaban J connectivity index is 2.20. The van der Waals surface area contributed by atoms with E-state index in [2.05, 4.69) is 0 Å². The summed E-state index contributed by atoms with van der Waals surface area (Å²) in [4.78, 5) is 13.5. The van der Waals surface area contributed by atoms with E-state index in [1.165, 1.54) is 0 Å². The van der Waals surface area contributed by atoms with E-state index in [0.29, 0.717) is 13.0 Å². The van der Waals surface area contributed by atoms with Crippen LogP contribution in [0.5, 0.6) is 5.75 Å². The van der Waals surface area contributed by atoms with Crippen LogP contribution in [0.3, 0.4) is 0 Å². The molecule has 0 aromatic heterocycles. The summed E-state index contributed by atoms with van der Waals surface area (Å²) in [6.45, 7) is 2.61. The van der Waals surface area contributed by atoms with Crippen molar-refractivity contribution in [2.75, 3.05) is 13.7 Å². The van der Waals surface area contributed by atoms with Gasteiger partial charge in [-0.15, -0.1) is 0 Å². The second kappa shape index (κ2) is 5.40. The molecule has 0 spiro atoms. The summed E-state index contributed by atoms with van der Waals surface area (Å²) in [5.74, 6) is 1.01. The lowest BCUT2D eigenvalue weighted by Gasteiger charge is -2.37. The van der Waals surface area contributed by atoms with Crippen LogP contribution in [-0.2, 0) is 4.79 Å². The zero-order valence-electron chi connectivity index (χ0n) is 10.9. The second-order valence-electron chi connectivity index (χ2n) is 4.65. The minimum Gasteiger partial charge on any atom is -0.494 e. The van der Waals surface area contributed by atoms with Crippen molar-refractivity contribution in [3.63, 3.8) is 0 Å². The fourth-order valence-corrected chi connectivity index (χ4v) is 2.47. The van der Waals surface area contributed by atoms with Crippen LogP contribution in [0.2, 0.25) is 0 Å². The van der Waals surface area contributed by atoms with Crippen molar-refractivity contribution in [3.8, 4) is 5.75 Å². The van der Waals surface area contributed by atoms with Gasteiger partial charge < -0.3 is 15.4 Å². The fourth-order valence-electron chi connectivity index (χ4n) is 2.47. The molecule has 1 aromatic rings. The van der Waals surface area contributed by atoms with Crippen molar-refractivity contribution in [1.29, 1.82) is 0 Å². The first-order valence-corrected chi connectivity index (χ1v) is 6.37. The average Bonchev–Trinajstić information content (AvgIpc) is 2.37. The van der Waals surface area contributed by atoms with Crippen LogP contribution in [0.1, 0.15) is 31.4 Å². The Kier molecular flexibility index (Phi) is 3.87. The Labute approximate surface area is 108 Å². The average molecular weight is 248 g/mol. The van der Waals surface area contributed by atoms with E-state index in [-0.39, 0.29) is 18.0 Å². The zero-order valence-corrected chi connectivity index (χ0v) is 10.9. The van der Waals surface area contributed by atoms with Crippen molar-refractivity contribution in [3.05, 3.63) is 29.8 Å². The highest BCUT2D eigenvalue weighted by atomic mass is 16.5. The Bertz CT molecular complexity index is 416. The molecule has 0 aliphatic carbocycles. The number of benzene rings is 1. The quantitative estimate of drug-likeness (QED) is 0.886. The topological polar surface area (TPSA) is 55.6 Å². The molecule has 4 nitrogen and oxygen atoms in total. The van der Waals surface area contributed by atoms with Gasteiger partial charge in [-0.1, -0.05) is 12.1 Å². The van der Waals surface area contributed by atoms with Gasteiger partial charge in [0.2, 0.25) is 5.91 Å². The molecule has 2 N–H and O–H groups in total. The number of carbonyl (C=O) groups excluding carboxylic acids is 1. The molecule has 2 atom stereocenters. The van der Waals surface area contributed by atoms with Crippen LogP contribution < -0.4 is 10.5 Å².